The zero-order chi connectivity index (χ0) is 19.1. The summed E-state index contributed by atoms with van der Waals surface area (Å²) in [7, 11) is 1.67. The highest BCUT2D eigenvalue weighted by Crippen LogP contribution is 2.34. The molecule has 0 saturated carbocycles. The Bertz CT molecular complexity index is 995. The molecule has 1 unspecified atom stereocenters. The Hall–Kier alpha value is -2.24. The molecule has 0 amide bonds. The van der Waals surface area contributed by atoms with Crippen LogP contribution in [0, 0.1) is 0 Å². The number of hydrogen-bond donors (Lipinski definition) is 1. The third-order valence-electron chi connectivity index (χ3n) is 6.08. The Morgan fingerprint density at radius 2 is 1.96 bits per heavy atom. The van der Waals surface area contributed by atoms with Crippen LogP contribution in [0.2, 0.25) is 5.02 Å². The topological polar surface area (TPSA) is 44.4 Å². The minimum absolute atomic E-state index is 0.681. The zero-order valence-corrected chi connectivity index (χ0v) is 16.9. The molecule has 3 heterocycles. The lowest BCUT2D eigenvalue weighted by Crippen LogP contribution is -2.35. The summed E-state index contributed by atoms with van der Waals surface area (Å²) in [5.74, 6) is 1.61. The van der Waals surface area contributed by atoms with Gasteiger partial charge >= 0.3 is 0 Å². The van der Waals surface area contributed by atoms with Gasteiger partial charge in [-0.05, 0) is 62.7 Å². The summed E-state index contributed by atoms with van der Waals surface area (Å²) in [5, 5.41) is 0.713. The number of imidazole rings is 1. The quantitative estimate of drug-likeness (QED) is 0.701. The van der Waals surface area contributed by atoms with Gasteiger partial charge in [0.2, 0.25) is 0 Å². The van der Waals surface area contributed by atoms with E-state index in [1.165, 1.54) is 38.0 Å². The molecule has 2 aliphatic rings. The van der Waals surface area contributed by atoms with Crippen LogP contribution >= 0.6 is 11.6 Å². The first-order valence-corrected chi connectivity index (χ1v) is 10.4. The van der Waals surface area contributed by atoms with Crippen molar-refractivity contribution < 1.29 is 4.74 Å². The number of anilines is 1. The lowest BCUT2D eigenvalue weighted by atomic mass is 10.1. The number of aromatic amines is 1. The summed E-state index contributed by atoms with van der Waals surface area (Å²) < 4.78 is 5.32. The minimum Gasteiger partial charge on any atom is -0.497 e. The van der Waals surface area contributed by atoms with E-state index in [1.54, 1.807) is 7.11 Å². The van der Waals surface area contributed by atoms with Crippen LogP contribution in [0.5, 0.6) is 5.75 Å². The molecule has 5 rings (SSSR count). The molecule has 2 fully saturated rings. The fourth-order valence-electron chi connectivity index (χ4n) is 4.52. The molecule has 6 heteroatoms. The molecule has 1 N–H and O–H groups in total. The van der Waals surface area contributed by atoms with Crippen LogP contribution in [0.25, 0.3) is 22.4 Å². The SMILES string of the molecule is COc1ccc2nc(-c3cc(N4CCC(N5CCCC5)C4)ccc3Cl)[nH]c2c1. The molecular weight excluding hydrogens is 372 g/mol. The highest BCUT2D eigenvalue weighted by atomic mass is 35.5. The van der Waals surface area contributed by atoms with Crippen molar-refractivity contribution in [3.05, 3.63) is 41.4 Å². The molecule has 5 nitrogen and oxygen atoms in total. The van der Waals surface area contributed by atoms with Gasteiger partial charge in [-0.2, -0.15) is 0 Å². The summed E-state index contributed by atoms with van der Waals surface area (Å²) in [6.45, 7) is 4.71. The Kier molecular flexibility index (Phi) is 4.65. The smallest absolute Gasteiger partial charge is 0.140 e. The van der Waals surface area contributed by atoms with E-state index in [-0.39, 0.29) is 0 Å². The van der Waals surface area contributed by atoms with E-state index in [4.69, 9.17) is 21.3 Å². The third kappa shape index (κ3) is 3.23. The first-order chi connectivity index (χ1) is 13.7. The number of ether oxygens (including phenoxy) is 1. The Balaban J connectivity index is 1.43. The van der Waals surface area contributed by atoms with Crippen LogP contribution in [-0.4, -0.2) is 54.2 Å². The van der Waals surface area contributed by atoms with Crippen LogP contribution in [0.4, 0.5) is 5.69 Å². The molecule has 3 aromatic rings. The molecule has 1 atom stereocenters. The monoisotopic (exact) mass is 396 g/mol. The number of methoxy groups -OCH3 is 1. The number of likely N-dealkylation sites (tertiary alicyclic amines) is 1. The van der Waals surface area contributed by atoms with E-state index in [0.29, 0.717) is 11.1 Å². The van der Waals surface area contributed by atoms with Gasteiger partial charge in [-0.25, -0.2) is 4.98 Å². The van der Waals surface area contributed by atoms with Crippen molar-refractivity contribution in [2.24, 2.45) is 0 Å². The van der Waals surface area contributed by atoms with Gasteiger partial charge in [0.25, 0.3) is 0 Å². The molecule has 0 aliphatic carbocycles. The van der Waals surface area contributed by atoms with Gasteiger partial charge in [-0.3, -0.25) is 4.90 Å². The second kappa shape index (κ2) is 7.30. The number of H-pyrrole nitrogens is 1. The van der Waals surface area contributed by atoms with Crippen molar-refractivity contribution in [1.82, 2.24) is 14.9 Å². The van der Waals surface area contributed by atoms with Gasteiger partial charge in [0.15, 0.2) is 0 Å². The van der Waals surface area contributed by atoms with Crippen LogP contribution < -0.4 is 9.64 Å². The van der Waals surface area contributed by atoms with Crippen molar-refractivity contribution in [1.29, 1.82) is 0 Å². The molecule has 0 spiro atoms. The maximum absolute atomic E-state index is 6.54. The maximum Gasteiger partial charge on any atom is 0.140 e. The molecular formula is C22H25ClN4O. The van der Waals surface area contributed by atoms with E-state index in [0.717, 1.165) is 41.3 Å². The molecule has 0 bridgehead atoms. The first kappa shape index (κ1) is 17.8. The van der Waals surface area contributed by atoms with Crippen molar-refractivity contribution in [3.63, 3.8) is 0 Å². The maximum atomic E-state index is 6.54. The summed E-state index contributed by atoms with van der Waals surface area (Å²) in [4.78, 5) is 13.3. The van der Waals surface area contributed by atoms with E-state index in [2.05, 4.69) is 26.9 Å². The fourth-order valence-corrected chi connectivity index (χ4v) is 4.72. The highest BCUT2D eigenvalue weighted by molar-refractivity contribution is 6.33. The Morgan fingerprint density at radius 1 is 1.11 bits per heavy atom. The predicted octanol–water partition coefficient (Wildman–Crippen LogP) is 4.57. The van der Waals surface area contributed by atoms with E-state index < -0.39 is 0 Å². The second-order valence-electron chi connectivity index (χ2n) is 7.76. The predicted molar refractivity (Wildman–Crippen MR) is 115 cm³/mol. The largest absolute Gasteiger partial charge is 0.497 e. The fraction of sp³-hybridized carbons (Fsp3) is 0.409. The molecule has 0 radical (unpaired) electrons. The summed E-state index contributed by atoms with van der Waals surface area (Å²) in [6.07, 6.45) is 3.93. The normalized spacial score (nSPS) is 20.4. The standard InChI is InChI=1S/C22H25ClN4O/c1-28-17-5-7-20-21(13-17)25-22(24-20)18-12-15(4-6-19(18)23)27-11-8-16(14-27)26-9-2-3-10-26/h4-7,12-13,16H,2-3,8-11,14H2,1H3,(H,24,25). The molecule has 146 valence electrons. The first-order valence-electron chi connectivity index (χ1n) is 10.0. The number of fused-ring (bicyclic) bond motifs is 1. The highest BCUT2D eigenvalue weighted by Gasteiger charge is 2.29. The van der Waals surface area contributed by atoms with Gasteiger partial charge in [-0.1, -0.05) is 11.6 Å². The van der Waals surface area contributed by atoms with Gasteiger partial charge in [0.05, 0.1) is 23.2 Å². The van der Waals surface area contributed by atoms with E-state index >= 15 is 0 Å². The number of rotatable bonds is 4. The summed E-state index contributed by atoms with van der Waals surface area (Å²) in [5.41, 5.74) is 4.02. The average Bonchev–Trinajstić information content (AvgIpc) is 3.46. The third-order valence-corrected chi connectivity index (χ3v) is 6.41. The summed E-state index contributed by atoms with van der Waals surface area (Å²) >= 11 is 6.54. The van der Waals surface area contributed by atoms with Crippen molar-refractivity contribution in [2.45, 2.75) is 25.3 Å². The van der Waals surface area contributed by atoms with E-state index in [1.807, 2.05) is 24.3 Å². The van der Waals surface area contributed by atoms with Gasteiger partial charge in [0, 0.05) is 36.4 Å². The van der Waals surface area contributed by atoms with Crippen molar-refractivity contribution in [3.8, 4) is 17.1 Å². The second-order valence-corrected chi connectivity index (χ2v) is 8.17. The average molecular weight is 397 g/mol. The Labute approximate surface area is 170 Å². The molecule has 2 saturated heterocycles. The molecule has 28 heavy (non-hydrogen) atoms. The van der Waals surface area contributed by atoms with Crippen LogP contribution in [0.1, 0.15) is 19.3 Å². The number of benzene rings is 2. The van der Waals surface area contributed by atoms with Crippen molar-refractivity contribution >= 4 is 28.3 Å². The molecule has 1 aromatic heterocycles. The summed E-state index contributed by atoms with van der Waals surface area (Å²) in [6, 6.07) is 12.8. The number of nitrogens with zero attached hydrogens (tertiary/aromatic N) is 3. The van der Waals surface area contributed by atoms with Crippen LogP contribution in [-0.2, 0) is 0 Å². The van der Waals surface area contributed by atoms with E-state index in [9.17, 15) is 0 Å². The molecule has 2 aromatic carbocycles. The minimum atomic E-state index is 0.681. The Morgan fingerprint density at radius 3 is 2.79 bits per heavy atom. The van der Waals surface area contributed by atoms with Gasteiger partial charge < -0.3 is 14.6 Å². The lowest BCUT2D eigenvalue weighted by molar-refractivity contribution is 0.260. The van der Waals surface area contributed by atoms with Gasteiger partial charge in [0.1, 0.15) is 11.6 Å². The van der Waals surface area contributed by atoms with Crippen LogP contribution in [0.15, 0.2) is 36.4 Å². The van der Waals surface area contributed by atoms with Gasteiger partial charge in [-0.15, -0.1) is 0 Å². The number of aromatic nitrogens is 2. The molecule has 2 aliphatic heterocycles. The zero-order valence-electron chi connectivity index (χ0n) is 16.1. The number of nitrogens with one attached hydrogen (secondary N) is 1. The lowest BCUT2D eigenvalue weighted by Gasteiger charge is -2.24. The van der Waals surface area contributed by atoms with Crippen molar-refractivity contribution in [2.75, 3.05) is 38.2 Å². The van der Waals surface area contributed by atoms with Crippen LogP contribution in [0.3, 0.4) is 0 Å². The number of halogens is 1. The number of hydrogen-bond acceptors (Lipinski definition) is 4.